The Balaban J connectivity index is 2.15. The molecular weight excluding hydrogens is 342 g/mol. The first-order valence-corrected chi connectivity index (χ1v) is 9.84. The van der Waals surface area contributed by atoms with Crippen LogP contribution in [0.15, 0.2) is 23.1 Å². The molecule has 0 unspecified atom stereocenters. The number of rotatable bonds is 6. The van der Waals surface area contributed by atoms with Crippen LogP contribution in [0.4, 0.5) is 0 Å². The van der Waals surface area contributed by atoms with Gasteiger partial charge in [-0.1, -0.05) is 6.92 Å². The minimum Gasteiger partial charge on any atom is -0.496 e. The number of amides is 1. The van der Waals surface area contributed by atoms with Gasteiger partial charge in [0.05, 0.1) is 18.6 Å². The van der Waals surface area contributed by atoms with Crippen LogP contribution in [0.1, 0.15) is 12.5 Å². The Morgan fingerprint density at radius 3 is 2.40 bits per heavy atom. The van der Waals surface area contributed by atoms with E-state index in [-0.39, 0.29) is 23.9 Å². The summed E-state index contributed by atoms with van der Waals surface area (Å²) < 4.78 is 32.2. The van der Waals surface area contributed by atoms with Crippen LogP contribution in [-0.2, 0) is 14.8 Å². The van der Waals surface area contributed by atoms with E-state index in [1.165, 1.54) is 10.4 Å². The van der Waals surface area contributed by atoms with Crippen LogP contribution in [0, 0.1) is 6.92 Å². The van der Waals surface area contributed by atoms with Crippen molar-refractivity contribution in [1.82, 2.24) is 14.1 Å². The molecule has 0 bridgehead atoms. The van der Waals surface area contributed by atoms with E-state index in [2.05, 4.69) is 4.90 Å². The van der Waals surface area contributed by atoms with Crippen molar-refractivity contribution in [2.45, 2.75) is 18.7 Å². The van der Waals surface area contributed by atoms with Crippen LogP contribution in [-0.4, -0.2) is 81.9 Å². The number of likely N-dealkylation sites (N-methyl/N-ethyl adjacent to an activating group) is 2. The van der Waals surface area contributed by atoms with Gasteiger partial charge in [-0.25, -0.2) is 8.42 Å². The molecule has 0 spiro atoms. The van der Waals surface area contributed by atoms with Crippen molar-refractivity contribution in [2.75, 3.05) is 53.4 Å². The van der Waals surface area contributed by atoms with Crippen molar-refractivity contribution >= 4 is 15.9 Å². The Labute approximate surface area is 150 Å². The summed E-state index contributed by atoms with van der Waals surface area (Å²) in [7, 11) is -0.168. The number of sulfonamides is 1. The number of hydrogen-bond acceptors (Lipinski definition) is 5. The summed E-state index contributed by atoms with van der Waals surface area (Å²) in [5.41, 5.74) is 0.741. The molecule has 7 nitrogen and oxygen atoms in total. The van der Waals surface area contributed by atoms with E-state index >= 15 is 0 Å². The van der Waals surface area contributed by atoms with Crippen LogP contribution in [0.2, 0.25) is 0 Å². The molecule has 25 heavy (non-hydrogen) atoms. The van der Waals surface area contributed by atoms with Crippen molar-refractivity contribution < 1.29 is 17.9 Å². The molecule has 0 aliphatic carbocycles. The summed E-state index contributed by atoms with van der Waals surface area (Å²) >= 11 is 0. The fourth-order valence-electron chi connectivity index (χ4n) is 2.83. The lowest BCUT2D eigenvalue weighted by molar-refractivity contribution is -0.132. The molecular formula is C17H27N3O4S. The maximum Gasteiger partial charge on any atom is 0.243 e. The van der Waals surface area contributed by atoms with Crippen LogP contribution in [0.3, 0.4) is 0 Å². The minimum atomic E-state index is -3.72. The lowest BCUT2D eigenvalue weighted by atomic mass is 10.2. The molecule has 0 N–H and O–H groups in total. The van der Waals surface area contributed by atoms with E-state index < -0.39 is 10.0 Å². The van der Waals surface area contributed by atoms with Gasteiger partial charge in [0.2, 0.25) is 15.9 Å². The number of ether oxygens (including phenoxy) is 1. The van der Waals surface area contributed by atoms with Crippen LogP contribution in [0.5, 0.6) is 5.75 Å². The van der Waals surface area contributed by atoms with Gasteiger partial charge in [0.15, 0.2) is 0 Å². The van der Waals surface area contributed by atoms with E-state index in [1.807, 2.05) is 7.05 Å². The summed E-state index contributed by atoms with van der Waals surface area (Å²) in [5, 5.41) is 0. The molecule has 8 heteroatoms. The molecule has 1 aliphatic rings. The normalized spacial score (nSPS) is 16.3. The summed E-state index contributed by atoms with van der Waals surface area (Å²) in [6.07, 6.45) is 0. The number of methoxy groups -OCH3 is 1. The molecule has 1 aromatic rings. The zero-order valence-electron chi connectivity index (χ0n) is 15.4. The molecule has 1 aromatic carbocycles. The minimum absolute atomic E-state index is 0.131. The van der Waals surface area contributed by atoms with Gasteiger partial charge in [-0.2, -0.15) is 4.31 Å². The number of carbonyl (C=O) groups excluding carboxylic acids is 1. The Kier molecular flexibility index (Phi) is 6.42. The molecule has 0 radical (unpaired) electrons. The van der Waals surface area contributed by atoms with Gasteiger partial charge in [-0.3, -0.25) is 4.79 Å². The molecule has 0 atom stereocenters. The third-order valence-electron chi connectivity index (χ3n) is 4.52. The lowest BCUT2D eigenvalue weighted by Crippen LogP contribution is -2.50. The molecule has 140 valence electrons. The van der Waals surface area contributed by atoms with Gasteiger partial charge in [0.25, 0.3) is 0 Å². The molecule has 1 aliphatic heterocycles. The highest BCUT2D eigenvalue weighted by Crippen LogP contribution is 2.23. The number of hydrogen-bond donors (Lipinski definition) is 0. The first kappa shape index (κ1) is 19.7. The first-order chi connectivity index (χ1) is 11.8. The SMILES string of the molecule is CCN(CC(=O)N1CCN(C)CC1)S(=O)(=O)c1ccc(OC)c(C)c1. The van der Waals surface area contributed by atoms with Gasteiger partial charge < -0.3 is 14.5 Å². The van der Waals surface area contributed by atoms with Gasteiger partial charge >= 0.3 is 0 Å². The molecule has 1 saturated heterocycles. The van der Waals surface area contributed by atoms with E-state index in [4.69, 9.17) is 4.74 Å². The molecule has 0 aromatic heterocycles. The average Bonchev–Trinajstić information content (AvgIpc) is 2.59. The zero-order chi connectivity index (χ0) is 18.6. The van der Waals surface area contributed by atoms with Gasteiger partial charge in [0.1, 0.15) is 5.75 Å². The highest BCUT2D eigenvalue weighted by atomic mass is 32.2. The number of piperazine rings is 1. The molecule has 0 saturated carbocycles. The van der Waals surface area contributed by atoms with Crippen molar-refractivity contribution in [3.8, 4) is 5.75 Å². The number of carbonyl (C=O) groups is 1. The van der Waals surface area contributed by atoms with E-state index in [9.17, 15) is 13.2 Å². The second-order valence-electron chi connectivity index (χ2n) is 6.25. The fraction of sp³-hybridized carbons (Fsp3) is 0.588. The highest BCUT2D eigenvalue weighted by Gasteiger charge is 2.28. The Bertz CT molecular complexity index is 713. The molecule has 2 rings (SSSR count). The Hall–Kier alpha value is -1.64. The maximum atomic E-state index is 12.9. The van der Waals surface area contributed by atoms with E-state index in [1.54, 1.807) is 38.0 Å². The number of benzene rings is 1. The number of nitrogens with zero attached hydrogens (tertiary/aromatic N) is 3. The summed E-state index contributed by atoms with van der Waals surface area (Å²) in [6, 6.07) is 4.74. The summed E-state index contributed by atoms with van der Waals surface area (Å²) in [5.74, 6) is 0.485. The highest BCUT2D eigenvalue weighted by molar-refractivity contribution is 7.89. The van der Waals surface area contributed by atoms with Gasteiger partial charge in [-0.15, -0.1) is 0 Å². The predicted molar refractivity (Wildman–Crippen MR) is 96.2 cm³/mol. The zero-order valence-corrected chi connectivity index (χ0v) is 16.2. The second-order valence-corrected chi connectivity index (χ2v) is 8.18. The van der Waals surface area contributed by atoms with Gasteiger partial charge in [-0.05, 0) is 37.7 Å². The Morgan fingerprint density at radius 2 is 1.88 bits per heavy atom. The third kappa shape index (κ3) is 4.50. The monoisotopic (exact) mass is 369 g/mol. The second kappa shape index (κ2) is 8.16. The van der Waals surface area contributed by atoms with Crippen molar-refractivity contribution in [1.29, 1.82) is 0 Å². The molecule has 1 fully saturated rings. The van der Waals surface area contributed by atoms with Crippen molar-refractivity contribution in [2.24, 2.45) is 0 Å². The maximum absolute atomic E-state index is 12.9. The van der Waals surface area contributed by atoms with E-state index in [0.29, 0.717) is 18.8 Å². The van der Waals surface area contributed by atoms with Gasteiger partial charge in [0, 0.05) is 32.7 Å². The molecule has 1 heterocycles. The average molecular weight is 369 g/mol. The lowest BCUT2D eigenvalue weighted by Gasteiger charge is -2.33. The Morgan fingerprint density at radius 1 is 1.24 bits per heavy atom. The first-order valence-electron chi connectivity index (χ1n) is 8.40. The predicted octanol–water partition coefficient (Wildman–Crippen LogP) is 0.788. The topological polar surface area (TPSA) is 70.2 Å². The quantitative estimate of drug-likeness (QED) is 0.741. The summed E-state index contributed by atoms with van der Waals surface area (Å²) in [6.45, 7) is 6.53. The van der Waals surface area contributed by atoms with Crippen LogP contribution >= 0.6 is 0 Å². The largest absolute Gasteiger partial charge is 0.496 e. The standard InChI is InChI=1S/C17H27N3O4S/c1-5-20(13-17(21)19-10-8-18(3)9-11-19)25(22,23)15-6-7-16(24-4)14(2)12-15/h6-7,12H,5,8-11,13H2,1-4H3. The van der Waals surface area contributed by atoms with E-state index in [0.717, 1.165) is 18.7 Å². The van der Waals surface area contributed by atoms with Crippen molar-refractivity contribution in [3.05, 3.63) is 23.8 Å². The smallest absolute Gasteiger partial charge is 0.243 e. The van der Waals surface area contributed by atoms with Crippen molar-refractivity contribution in [3.63, 3.8) is 0 Å². The summed E-state index contributed by atoms with van der Waals surface area (Å²) in [4.78, 5) is 16.6. The van der Waals surface area contributed by atoms with Crippen LogP contribution < -0.4 is 4.74 Å². The fourth-order valence-corrected chi connectivity index (χ4v) is 4.32. The third-order valence-corrected chi connectivity index (χ3v) is 6.44. The molecule has 1 amide bonds. The van der Waals surface area contributed by atoms with Crippen LogP contribution in [0.25, 0.3) is 0 Å². The number of aryl methyl sites for hydroxylation is 1.